The summed E-state index contributed by atoms with van der Waals surface area (Å²) in [5.41, 5.74) is 4.83. The molecule has 0 bridgehead atoms. The van der Waals surface area contributed by atoms with Gasteiger partial charge in [-0.3, -0.25) is 14.1 Å². The lowest BCUT2D eigenvalue weighted by molar-refractivity contribution is -0.114. The highest BCUT2D eigenvalue weighted by Gasteiger charge is 2.31. The molecule has 0 aromatic carbocycles. The van der Waals surface area contributed by atoms with Crippen molar-refractivity contribution in [3.8, 4) is 0 Å². The highest BCUT2D eigenvalue weighted by atomic mass is 32.2. The van der Waals surface area contributed by atoms with Crippen molar-refractivity contribution in [1.82, 2.24) is 0 Å². The van der Waals surface area contributed by atoms with Crippen LogP contribution in [0.3, 0.4) is 0 Å². The Bertz CT molecular complexity index is 459. The van der Waals surface area contributed by atoms with Crippen molar-refractivity contribution in [2.45, 2.75) is 5.25 Å². The van der Waals surface area contributed by atoms with Gasteiger partial charge >= 0.3 is 0 Å². The van der Waals surface area contributed by atoms with Gasteiger partial charge in [-0.2, -0.15) is 8.42 Å². The molecule has 0 aliphatic heterocycles. The molecule has 0 aromatic rings. The van der Waals surface area contributed by atoms with E-state index < -0.39 is 33.5 Å². The van der Waals surface area contributed by atoms with E-state index in [-0.39, 0.29) is 5.57 Å². The maximum atomic E-state index is 11.2. The van der Waals surface area contributed by atoms with Crippen LogP contribution in [0.4, 0.5) is 0 Å². The van der Waals surface area contributed by atoms with E-state index >= 15 is 0 Å². The second kappa shape index (κ2) is 4.05. The number of ketones is 2. The SMILES string of the molecule is NCC(C1=CC(=O)C=CC1=O)S(=O)(=O)O. The number of carbonyl (C=O) groups excluding carboxylic acids is 2. The highest BCUT2D eigenvalue weighted by molar-refractivity contribution is 7.86. The van der Waals surface area contributed by atoms with Gasteiger partial charge in [0.25, 0.3) is 10.1 Å². The van der Waals surface area contributed by atoms with Gasteiger partial charge in [-0.1, -0.05) is 0 Å². The molecule has 1 rings (SSSR count). The van der Waals surface area contributed by atoms with E-state index in [9.17, 15) is 18.0 Å². The molecular formula is C8H9NO5S. The third-order valence-corrected chi connectivity index (χ3v) is 3.07. The largest absolute Gasteiger partial charge is 0.329 e. The summed E-state index contributed by atoms with van der Waals surface area (Å²) < 4.78 is 30.5. The number of nitrogens with two attached hydrogens (primary N) is 1. The van der Waals surface area contributed by atoms with Gasteiger partial charge in [-0.15, -0.1) is 0 Å². The molecule has 15 heavy (non-hydrogen) atoms. The molecule has 0 radical (unpaired) electrons. The van der Waals surface area contributed by atoms with Gasteiger partial charge in [0.2, 0.25) is 0 Å². The zero-order chi connectivity index (χ0) is 11.6. The summed E-state index contributed by atoms with van der Waals surface area (Å²) in [7, 11) is -4.47. The molecule has 0 aromatic heterocycles. The number of rotatable bonds is 3. The van der Waals surface area contributed by atoms with Crippen molar-refractivity contribution >= 4 is 21.7 Å². The molecule has 0 fully saturated rings. The Kier molecular flexibility index (Phi) is 3.18. The summed E-state index contributed by atoms with van der Waals surface area (Å²) in [6.07, 6.45) is 2.84. The molecule has 1 aliphatic carbocycles. The lowest BCUT2D eigenvalue weighted by Crippen LogP contribution is -2.35. The van der Waals surface area contributed by atoms with E-state index in [1.165, 1.54) is 0 Å². The van der Waals surface area contributed by atoms with Crippen LogP contribution in [0, 0.1) is 0 Å². The number of hydrogen-bond acceptors (Lipinski definition) is 5. The maximum Gasteiger partial charge on any atom is 0.273 e. The van der Waals surface area contributed by atoms with Gasteiger partial charge < -0.3 is 5.73 Å². The summed E-state index contributed by atoms with van der Waals surface area (Å²) in [5.74, 6) is -1.14. The molecule has 0 spiro atoms. The van der Waals surface area contributed by atoms with Crippen LogP contribution in [0.1, 0.15) is 0 Å². The summed E-state index contributed by atoms with van der Waals surface area (Å²) in [6.45, 7) is -0.461. The van der Waals surface area contributed by atoms with Crippen LogP contribution in [0.5, 0.6) is 0 Å². The van der Waals surface area contributed by atoms with Gasteiger partial charge in [0.1, 0.15) is 5.25 Å². The first-order valence-electron chi connectivity index (χ1n) is 4.00. The highest BCUT2D eigenvalue weighted by Crippen LogP contribution is 2.15. The van der Waals surface area contributed by atoms with Crippen LogP contribution in [0.25, 0.3) is 0 Å². The lowest BCUT2D eigenvalue weighted by atomic mass is 10.0. The first-order valence-corrected chi connectivity index (χ1v) is 5.51. The minimum atomic E-state index is -4.47. The van der Waals surface area contributed by atoms with Crippen molar-refractivity contribution < 1.29 is 22.6 Å². The Morgan fingerprint density at radius 1 is 1.33 bits per heavy atom. The van der Waals surface area contributed by atoms with Crippen LogP contribution < -0.4 is 5.73 Å². The number of allylic oxidation sites excluding steroid dienone is 3. The molecule has 1 aliphatic rings. The monoisotopic (exact) mass is 231 g/mol. The van der Waals surface area contributed by atoms with E-state index in [1.54, 1.807) is 0 Å². The van der Waals surface area contributed by atoms with Crippen molar-refractivity contribution in [3.63, 3.8) is 0 Å². The number of hydrogen-bond donors (Lipinski definition) is 2. The van der Waals surface area contributed by atoms with Gasteiger partial charge in [-0.05, 0) is 18.2 Å². The Balaban J connectivity index is 3.16. The van der Waals surface area contributed by atoms with Gasteiger partial charge in [0, 0.05) is 12.1 Å². The molecule has 0 amide bonds. The zero-order valence-electron chi connectivity index (χ0n) is 7.58. The molecule has 6 nitrogen and oxygen atoms in total. The quantitative estimate of drug-likeness (QED) is 0.467. The van der Waals surface area contributed by atoms with Crippen LogP contribution in [0.15, 0.2) is 23.8 Å². The van der Waals surface area contributed by atoms with Gasteiger partial charge in [0.05, 0.1) is 0 Å². The molecule has 0 heterocycles. The van der Waals surface area contributed by atoms with Gasteiger partial charge in [-0.25, -0.2) is 0 Å². The standard InChI is InChI=1S/C8H9NO5S/c9-4-8(15(12,13)14)6-3-5(10)1-2-7(6)11/h1-3,8H,4,9H2,(H,12,13,14). The lowest BCUT2D eigenvalue weighted by Gasteiger charge is -2.14. The second-order valence-electron chi connectivity index (χ2n) is 2.94. The summed E-state index contributed by atoms with van der Waals surface area (Å²) >= 11 is 0. The van der Waals surface area contributed by atoms with E-state index in [2.05, 4.69) is 0 Å². The predicted molar refractivity (Wildman–Crippen MR) is 51.6 cm³/mol. The van der Waals surface area contributed by atoms with Crippen molar-refractivity contribution in [3.05, 3.63) is 23.8 Å². The number of carbonyl (C=O) groups is 2. The smallest absolute Gasteiger partial charge is 0.273 e. The molecule has 7 heteroatoms. The van der Waals surface area contributed by atoms with Crippen LogP contribution in [0.2, 0.25) is 0 Å². The Morgan fingerprint density at radius 3 is 2.40 bits per heavy atom. The second-order valence-corrected chi connectivity index (χ2v) is 4.54. The predicted octanol–water partition coefficient (Wildman–Crippen LogP) is -1.16. The summed E-state index contributed by atoms with van der Waals surface area (Å²) in [6, 6.07) is 0. The topological polar surface area (TPSA) is 115 Å². The fourth-order valence-electron chi connectivity index (χ4n) is 1.19. The van der Waals surface area contributed by atoms with E-state index in [0.717, 1.165) is 18.2 Å². The average molecular weight is 231 g/mol. The van der Waals surface area contributed by atoms with E-state index in [1.807, 2.05) is 0 Å². The Hall–Kier alpha value is -1.31. The van der Waals surface area contributed by atoms with E-state index in [0.29, 0.717) is 0 Å². The van der Waals surface area contributed by atoms with Gasteiger partial charge in [0.15, 0.2) is 11.6 Å². The van der Waals surface area contributed by atoms with E-state index in [4.69, 9.17) is 10.3 Å². The minimum absolute atomic E-state index is 0.299. The fraction of sp³-hybridized carbons (Fsp3) is 0.250. The molecule has 1 atom stereocenters. The zero-order valence-corrected chi connectivity index (χ0v) is 8.40. The Morgan fingerprint density at radius 2 is 1.93 bits per heavy atom. The van der Waals surface area contributed by atoms with Crippen LogP contribution in [-0.4, -0.2) is 36.3 Å². The fourth-order valence-corrected chi connectivity index (χ4v) is 1.94. The third-order valence-electron chi connectivity index (χ3n) is 1.90. The molecule has 0 saturated heterocycles. The summed E-state index contributed by atoms with van der Waals surface area (Å²) in [4.78, 5) is 22.2. The third kappa shape index (κ3) is 2.58. The Labute approximate surface area is 86.2 Å². The normalized spacial score (nSPS) is 18.9. The van der Waals surface area contributed by atoms with Crippen molar-refractivity contribution in [2.75, 3.05) is 6.54 Å². The molecule has 82 valence electrons. The van der Waals surface area contributed by atoms with Crippen molar-refractivity contribution in [2.24, 2.45) is 5.73 Å². The molecule has 0 saturated carbocycles. The van der Waals surface area contributed by atoms with Crippen molar-refractivity contribution in [1.29, 1.82) is 0 Å². The van der Waals surface area contributed by atoms with Crippen LogP contribution in [-0.2, 0) is 19.7 Å². The molecule has 1 unspecified atom stereocenters. The first-order chi connectivity index (χ1) is 6.86. The first kappa shape index (κ1) is 11.8. The minimum Gasteiger partial charge on any atom is -0.329 e. The maximum absolute atomic E-state index is 11.2. The molecule has 3 N–H and O–H groups in total. The summed E-state index contributed by atoms with van der Waals surface area (Å²) in [5, 5.41) is -1.54. The average Bonchev–Trinajstić information content (AvgIpc) is 2.10. The molecular weight excluding hydrogens is 222 g/mol. The van der Waals surface area contributed by atoms with Crippen LogP contribution >= 0.6 is 0 Å².